The molecule has 1 aliphatic heterocycles. The predicted molar refractivity (Wildman–Crippen MR) is 163 cm³/mol. The minimum atomic E-state index is -0.819. The van der Waals surface area contributed by atoms with Crippen molar-refractivity contribution in [3.8, 4) is 10.6 Å². The summed E-state index contributed by atoms with van der Waals surface area (Å²) in [5.41, 5.74) is 4.19. The lowest BCUT2D eigenvalue weighted by atomic mass is 10.0. The van der Waals surface area contributed by atoms with Crippen LogP contribution in [-0.4, -0.2) is 63.3 Å². The zero-order valence-electron chi connectivity index (χ0n) is 24.3. The third-order valence-corrected chi connectivity index (χ3v) is 8.77. The molecular weight excluding hydrogens is 536 g/mol. The summed E-state index contributed by atoms with van der Waals surface area (Å²) in [7, 11) is 4.14. The van der Waals surface area contributed by atoms with Crippen molar-refractivity contribution in [1.82, 2.24) is 19.9 Å². The molecule has 0 spiro atoms. The number of benzene rings is 2. The normalized spacial score (nSPS) is 23.3. The van der Waals surface area contributed by atoms with E-state index in [4.69, 9.17) is 24.4 Å². The minimum absolute atomic E-state index is 0.0230. The van der Waals surface area contributed by atoms with E-state index < -0.39 is 11.5 Å². The maximum Gasteiger partial charge on any atom is 0.225 e. The van der Waals surface area contributed by atoms with Gasteiger partial charge in [0.15, 0.2) is 11.5 Å². The fraction of sp³-hybridized carbons (Fsp3) is 0.452. The Labute approximate surface area is 245 Å². The van der Waals surface area contributed by atoms with Crippen molar-refractivity contribution in [2.75, 3.05) is 31.3 Å². The largest absolute Gasteiger partial charge is 0.396 e. The Morgan fingerprint density at radius 3 is 2.66 bits per heavy atom. The summed E-state index contributed by atoms with van der Waals surface area (Å²) in [6, 6.07) is 16.7. The minimum Gasteiger partial charge on any atom is -0.396 e. The van der Waals surface area contributed by atoms with Crippen molar-refractivity contribution in [1.29, 1.82) is 0 Å². The maximum atomic E-state index is 10.1. The van der Waals surface area contributed by atoms with Gasteiger partial charge in [0.1, 0.15) is 16.9 Å². The van der Waals surface area contributed by atoms with Crippen molar-refractivity contribution in [3.05, 3.63) is 65.4 Å². The molecule has 2 aromatic heterocycles. The standard InChI is InChI=1S/C31H38N6O3S/c1-19-25(28-34-23-11-6-7-12-24(23)41-28)27(36-31-14-13-22(18-38)26(31)39-30(2,3)40-31)35-29(33-19)32-16-20-9-8-10-21(15-20)17-37(4)5/h6-12,15,22,26,38H,13-14,16-18H2,1-5H3,(H2,32,33,35,36). The predicted octanol–water partition coefficient (Wildman–Crippen LogP) is 5.40. The first-order chi connectivity index (χ1) is 19.6. The Kier molecular flexibility index (Phi) is 7.46. The van der Waals surface area contributed by atoms with Gasteiger partial charge in [-0.15, -0.1) is 11.3 Å². The van der Waals surface area contributed by atoms with E-state index in [-0.39, 0.29) is 18.6 Å². The first-order valence-electron chi connectivity index (χ1n) is 14.1. The molecule has 1 aliphatic carbocycles. The van der Waals surface area contributed by atoms with E-state index in [0.29, 0.717) is 24.7 Å². The Morgan fingerprint density at radius 1 is 1.07 bits per heavy atom. The van der Waals surface area contributed by atoms with Crippen LogP contribution in [-0.2, 0) is 22.6 Å². The second-order valence-corrected chi connectivity index (χ2v) is 12.8. The second kappa shape index (κ2) is 10.9. The van der Waals surface area contributed by atoms with Gasteiger partial charge in [0.2, 0.25) is 5.95 Å². The number of hydrogen-bond acceptors (Lipinski definition) is 10. The molecule has 216 valence electrons. The number of fused-ring (bicyclic) bond motifs is 2. The van der Waals surface area contributed by atoms with Crippen molar-refractivity contribution in [2.24, 2.45) is 5.92 Å². The summed E-state index contributed by atoms with van der Waals surface area (Å²) >= 11 is 1.62. The molecule has 3 atom stereocenters. The molecule has 6 rings (SSSR count). The lowest BCUT2D eigenvalue weighted by molar-refractivity contribution is -0.168. The number of ether oxygens (including phenoxy) is 2. The SMILES string of the molecule is Cc1nc(NCc2cccc(CN(C)C)c2)nc(NC23CCC(CO)C2OC(C)(C)O3)c1-c1nc2ccccc2s1. The Bertz CT molecular complexity index is 1520. The molecule has 1 saturated heterocycles. The molecule has 10 heteroatoms. The number of nitrogens with zero attached hydrogens (tertiary/aromatic N) is 4. The molecule has 2 aromatic carbocycles. The van der Waals surface area contributed by atoms with Crippen molar-refractivity contribution >= 4 is 33.3 Å². The van der Waals surface area contributed by atoms with Gasteiger partial charge in [0.25, 0.3) is 0 Å². The molecule has 2 aliphatic rings. The van der Waals surface area contributed by atoms with Gasteiger partial charge in [0.05, 0.1) is 21.5 Å². The smallest absolute Gasteiger partial charge is 0.225 e. The maximum absolute atomic E-state index is 10.1. The number of thiazole rings is 1. The summed E-state index contributed by atoms with van der Waals surface area (Å²) in [6.45, 7) is 7.34. The van der Waals surface area contributed by atoms with Crippen molar-refractivity contribution < 1.29 is 14.6 Å². The van der Waals surface area contributed by atoms with E-state index in [1.54, 1.807) is 11.3 Å². The van der Waals surface area contributed by atoms with Gasteiger partial charge < -0.3 is 30.1 Å². The fourth-order valence-electron chi connectivity index (χ4n) is 6.05. The average molecular weight is 575 g/mol. The number of aromatic nitrogens is 3. The van der Waals surface area contributed by atoms with Gasteiger partial charge in [-0.05, 0) is 71.0 Å². The second-order valence-electron chi connectivity index (χ2n) is 11.8. The van der Waals surface area contributed by atoms with Gasteiger partial charge in [-0.3, -0.25) is 0 Å². The number of aliphatic hydroxyl groups excluding tert-OH is 1. The lowest BCUT2D eigenvalue weighted by Crippen LogP contribution is -2.46. The van der Waals surface area contributed by atoms with Crippen molar-refractivity contribution in [3.63, 3.8) is 0 Å². The lowest BCUT2D eigenvalue weighted by Gasteiger charge is -2.31. The number of para-hydroxylation sites is 1. The zero-order valence-corrected chi connectivity index (χ0v) is 25.1. The first-order valence-corrected chi connectivity index (χ1v) is 14.9. The Hall–Kier alpha value is -3.15. The molecule has 3 N–H and O–H groups in total. The van der Waals surface area contributed by atoms with Gasteiger partial charge in [-0.2, -0.15) is 4.98 Å². The van der Waals surface area contributed by atoms with Crippen LogP contribution in [0.25, 0.3) is 20.8 Å². The highest BCUT2D eigenvalue weighted by molar-refractivity contribution is 7.21. The number of nitrogens with one attached hydrogen (secondary N) is 2. The van der Waals surface area contributed by atoms with Gasteiger partial charge in [-0.1, -0.05) is 36.4 Å². The Morgan fingerprint density at radius 2 is 1.88 bits per heavy atom. The molecule has 2 fully saturated rings. The van der Waals surface area contributed by atoms with E-state index in [9.17, 15) is 5.11 Å². The van der Waals surface area contributed by atoms with Crippen LogP contribution in [0.1, 0.15) is 43.5 Å². The fourth-order valence-corrected chi connectivity index (χ4v) is 7.12. The van der Waals surface area contributed by atoms with Crippen LogP contribution in [0.2, 0.25) is 0 Å². The molecule has 41 heavy (non-hydrogen) atoms. The van der Waals surface area contributed by atoms with Crippen LogP contribution < -0.4 is 10.6 Å². The van der Waals surface area contributed by atoms with E-state index in [1.165, 1.54) is 5.56 Å². The van der Waals surface area contributed by atoms with E-state index >= 15 is 0 Å². The summed E-state index contributed by atoms with van der Waals surface area (Å²) in [4.78, 5) is 17.0. The molecule has 0 bridgehead atoms. The third kappa shape index (κ3) is 5.67. The molecule has 3 unspecified atom stereocenters. The number of rotatable bonds is 9. The zero-order chi connectivity index (χ0) is 28.8. The van der Waals surface area contributed by atoms with E-state index in [0.717, 1.165) is 45.0 Å². The van der Waals surface area contributed by atoms with Crippen molar-refractivity contribution in [2.45, 2.75) is 64.3 Å². The van der Waals surface area contributed by atoms with Crippen LogP contribution in [0.15, 0.2) is 48.5 Å². The summed E-state index contributed by atoms with van der Waals surface area (Å²) in [5, 5.41) is 18.1. The molecular formula is C31H38N6O3S. The highest BCUT2D eigenvalue weighted by Crippen LogP contribution is 2.50. The first kappa shape index (κ1) is 28.0. The van der Waals surface area contributed by atoms with Gasteiger partial charge in [0, 0.05) is 25.6 Å². The topological polar surface area (TPSA) is 105 Å². The summed E-state index contributed by atoms with van der Waals surface area (Å²) in [5.74, 6) is 0.355. The number of aryl methyl sites for hydroxylation is 1. The molecule has 0 radical (unpaired) electrons. The van der Waals surface area contributed by atoms with E-state index in [2.05, 4.69) is 60.0 Å². The van der Waals surface area contributed by atoms with Crippen LogP contribution in [0.3, 0.4) is 0 Å². The number of anilines is 2. The van der Waals surface area contributed by atoms with Crippen LogP contribution in [0.5, 0.6) is 0 Å². The third-order valence-electron chi connectivity index (χ3n) is 7.72. The summed E-state index contributed by atoms with van der Waals surface area (Å²) in [6.07, 6.45) is 1.17. The average Bonchev–Trinajstić information content (AvgIpc) is 3.55. The number of hydrogen-bond donors (Lipinski definition) is 3. The van der Waals surface area contributed by atoms with E-state index in [1.807, 2.05) is 39.0 Å². The highest BCUT2D eigenvalue weighted by atomic mass is 32.1. The van der Waals surface area contributed by atoms with Crippen LogP contribution >= 0.6 is 11.3 Å². The summed E-state index contributed by atoms with van der Waals surface area (Å²) < 4.78 is 14.0. The molecule has 1 saturated carbocycles. The molecule has 9 nitrogen and oxygen atoms in total. The van der Waals surface area contributed by atoms with Gasteiger partial charge in [-0.25, -0.2) is 9.97 Å². The van der Waals surface area contributed by atoms with Gasteiger partial charge >= 0.3 is 0 Å². The Balaban J connectivity index is 1.37. The quantitative estimate of drug-likeness (QED) is 0.242. The van der Waals surface area contributed by atoms with Crippen LogP contribution in [0.4, 0.5) is 11.8 Å². The highest BCUT2D eigenvalue weighted by Gasteiger charge is 2.60. The molecule has 0 amide bonds. The monoisotopic (exact) mass is 574 g/mol. The molecule has 3 heterocycles. The number of aliphatic hydroxyl groups is 1. The molecule has 4 aromatic rings. The van der Waals surface area contributed by atoms with Crippen LogP contribution in [0, 0.1) is 12.8 Å².